The third-order valence-corrected chi connectivity index (χ3v) is 5.04. The Morgan fingerprint density at radius 2 is 2.15 bits per heavy atom. The van der Waals surface area contributed by atoms with E-state index in [2.05, 4.69) is 33.2 Å². The first-order chi connectivity index (χ1) is 9.52. The zero-order chi connectivity index (χ0) is 14.7. The summed E-state index contributed by atoms with van der Waals surface area (Å²) >= 11 is 5.14. The van der Waals surface area contributed by atoms with Gasteiger partial charge < -0.3 is 5.32 Å². The predicted octanol–water partition coefficient (Wildman–Crippen LogP) is 4.55. The molecule has 0 fully saturated rings. The van der Waals surface area contributed by atoms with Crippen LogP contribution in [0.25, 0.3) is 0 Å². The quantitative estimate of drug-likeness (QED) is 0.849. The van der Waals surface area contributed by atoms with Crippen LogP contribution >= 0.6 is 27.3 Å². The molecule has 0 radical (unpaired) electrons. The van der Waals surface area contributed by atoms with Crippen molar-refractivity contribution in [1.82, 2.24) is 10.3 Å². The first kappa shape index (κ1) is 15.6. The van der Waals surface area contributed by atoms with E-state index in [0.717, 1.165) is 21.7 Å². The molecular formula is C15H18BrFN2S. The van der Waals surface area contributed by atoms with Gasteiger partial charge in [-0.25, -0.2) is 9.37 Å². The number of thiazole rings is 1. The summed E-state index contributed by atoms with van der Waals surface area (Å²) in [5.41, 5.74) is 1.74. The topological polar surface area (TPSA) is 24.9 Å². The largest absolute Gasteiger partial charge is 0.310 e. The lowest BCUT2D eigenvalue weighted by Gasteiger charge is -2.19. The van der Waals surface area contributed by atoms with Crippen molar-refractivity contribution < 1.29 is 4.39 Å². The number of rotatable bonds is 5. The maximum Gasteiger partial charge on any atom is 0.129 e. The number of aromatic nitrogens is 1. The van der Waals surface area contributed by atoms with E-state index in [9.17, 15) is 4.39 Å². The molecule has 0 saturated carbocycles. The lowest BCUT2D eigenvalue weighted by atomic mass is 10.0. The number of nitrogens with one attached hydrogen (secondary N) is 1. The van der Waals surface area contributed by atoms with Crippen molar-refractivity contribution in [3.8, 4) is 0 Å². The first-order valence-electron chi connectivity index (χ1n) is 6.63. The monoisotopic (exact) mass is 356 g/mol. The van der Waals surface area contributed by atoms with Gasteiger partial charge in [0.1, 0.15) is 5.82 Å². The second-order valence-electron chi connectivity index (χ2n) is 4.70. The molecule has 108 valence electrons. The van der Waals surface area contributed by atoms with Gasteiger partial charge in [-0.3, -0.25) is 0 Å². The number of aryl methyl sites for hydroxylation is 2. The minimum atomic E-state index is -0.185. The summed E-state index contributed by atoms with van der Waals surface area (Å²) in [5, 5.41) is 4.40. The van der Waals surface area contributed by atoms with Gasteiger partial charge in [0.25, 0.3) is 0 Å². The Labute approximate surface area is 131 Å². The molecule has 1 N–H and O–H groups in total. The maximum atomic E-state index is 14.1. The highest BCUT2D eigenvalue weighted by molar-refractivity contribution is 9.10. The van der Waals surface area contributed by atoms with E-state index in [4.69, 9.17) is 0 Å². The molecule has 5 heteroatoms. The summed E-state index contributed by atoms with van der Waals surface area (Å²) in [7, 11) is 0. The normalized spacial score (nSPS) is 12.7. The molecule has 1 heterocycles. The van der Waals surface area contributed by atoms with Crippen molar-refractivity contribution in [2.45, 2.75) is 33.2 Å². The van der Waals surface area contributed by atoms with Crippen molar-refractivity contribution in [3.63, 3.8) is 0 Å². The van der Waals surface area contributed by atoms with Crippen molar-refractivity contribution in [2.24, 2.45) is 0 Å². The number of nitrogens with zero attached hydrogens (tertiary/aromatic N) is 1. The molecule has 1 aromatic carbocycles. The number of hydrogen-bond donors (Lipinski definition) is 1. The van der Waals surface area contributed by atoms with Gasteiger partial charge in [-0.2, -0.15) is 0 Å². The van der Waals surface area contributed by atoms with Crippen molar-refractivity contribution in [3.05, 3.63) is 49.6 Å². The summed E-state index contributed by atoms with van der Waals surface area (Å²) in [6.45, 7) is 6.89. The Bertz CT molecular complexity index is 558. The molecule has 0 aliphatic rings. The highest BCUT2D eigenvalue weighted by atomic mass is 79.9. The van der Waals surface area contributed by atoms with E-state index >= 15 is 0 Å². The predicted molar refractivity (Wildman–Crippen MR) is 85.8 cm³/mol. The summed E-state index contributed by atoms with van der Waals surface area (Å²) in [5.74, 6) is -0.185. The molecule has 20 heavy (non-hydrogen) atoms. The fourth-order valence-corrected chi connectivity index (χ4v) is 3.77. The van der Waals surface area contributed by atoms with Crippen LogP contribution in [0, 0.1) is 19.7 Å². The molecular weight excluding hydrogens is 339 g/mol. The Balaban J connectivity index is 2.31. The molecule has 2 nitrogen and oxygen atoms in total. The molecule has 0 amide bonds. The third kappa shape index (κ3) is 3.45. The summed E-state index contributed by atoms with van der Waals surface area (Å²) in [6.07, 6.45) is 0.701. The summed E-state index contributed by atoms with van der Waals surface area (Å²) in [4.78, 5) is 5.78. The van der Waals surface area contributed by atoms with E-state index in [0.29, 0.717) is 12.0 Å². The van der Waals surface area contributed by atoms with Crippen molar-refractivity contribution in [1.29, 1.82) is 0 Å². The molecule has 1 aromatic heterocycles. The van der Waals surface area contributed by atoms with Gasteiger partial charge in [0.2, 0.25) is 0 Å². The molecule has 2 aromatic rings. The van der Waals surface area contributed by atoms with Crippen LogP contribution in [-0.2, 0) is 6.42 Å². The second-order valence-corrected chi connectivity index (χ2v) is 6.84. The Morgan fingerprint density at radius 1 is 1.40 bits per heavy atom. The average molecular weight is 357 g/mol. The van der Waals surface area contributed by atoms with Gasteiger partial charge in [0, 0.05) is 27.4 Å². The smallest absolute Gasteiger partial charge is 0.129 e. The van der Waals surface area contributed by atoms with Gasteiger partial charge in [0.05, 0.1) is 10.7 Å². The fraction of sp³-hybridized carbons (Fsp3) is 0.400. The van der Waals surface area contributed by atoms with E-state index in [1.807, 2.05) is 19.9 Å². The summed E-state index contributed by atoms with van der Waals surface area (Å²) < 4.78 is 14.9. The summed E-state index contributed by atoms with van der Waals surface area (Å²) in [6, 6.07) is 5.02. The van der Waals surface area contributed by atoms with E-state index < -0.39 is 0 Å². The Hall–Kier alpha value is -0.780. The Kier molecular flexibility index (Phi) is 5.29. The Morgan fingerprint density at radius 3 is 2.70 bits per heavy atom. The van der Waals surface area contributed by atoms with Gasteiger partial charge in [-0.05, 0) is 32.5 Å². The SMILES string of the molecule is CCNC(Cc1nc(C)c(C)s1)c1c(F)cccc1Br. The van der Waals surface area contributed by atoms with Crippen LogP contribution < -0.4 is 5.32 Å². The number of likely N-dealkylation sites (N-methyl/N-ethyl adjacent to an activating group) is 1. The lowest BCUT2D eigenvalue weighted by molar-refractivity contribution is 0.507. The third-order valence-electron chi connectivity index (χ3n) is 3.25. The second kappa shape index (κ2) is 6.78. The molecule has 2 rings (SSSR count). The lowest BCUT2D eigenvalue weighted by Crippen LogP contribution is -2.24. The van der Waals surface area contributed by atoms with Crippen LogP contribution in [0.1, 0.15) is 34.1 Å². The van der Waals surface area contributed by atoms with Crippen LogP contribution in [0.3, 0.4) is 0 Å². The highest BCUT2D eigenvalue weighted by Gasteiger charge is 2.20. The molecule has 0 aliphatic heterocycles. The van der Waals surface area contributed by atoms with Crippen LogP contribution in [-0.4, -0.2) is 11.5 Å². The van der Waals surface area contributed by atoms with E-state index in [-0.39, 0.29) is 11.9 Å². The molecule has 1 unspecified atom stereocenters. The van der Waals surface area contributed by atoms with Gasteiger partial charge in [0.15, 0.2) is 0 Å². The standard InChI is InChI=1S/C15H18BrFN2S/c1-4-18-13(8-14-19-9(2)10(3)20-14)15-11(16)6-5-7-12(15)17/h5-7,13,18H,4,8H2,1-3H3. The molecule has 1 atom stereocenters. The minimum Gasteiger partial charge on any atom is -0.310 e. The highest BCUT2D eigenvalue weighted by Crippen LogP contribution is 2.30. The minimum absolute atomic E-state index is 0.0690. The van der Waals surface area contributed by atoms with Gasteiger partial charge in [-0.1, -0.05) is 28.9 Å². The zero-order valence-corrected chi connectivity index (χ0v) is 14.2. The molecule has 0 saturated heterocycles. The van der Waals surface area contributed by atoms with Crippen LogP contribution in [0.4, 0.5) is 4.39 Å². The maximum absolute atomic E-state index is 14.1. The van der Waals surface area contributed by atoms with Crippen molar-refractivity contribution >= 4 is 27.3 Å². The van der Waals surface area contributed by atoms with E-state index in [1.165, 1.54) is 10.9 Å². The molecule has 0 spiro atoms. The van der Waals surface area contributed by atoms with Crippen molar-refractivity contribution in [2.75, 3.05) is 6.54 Å². The first-order valence-corrected chi connectivity index (χ1v) is 8.24. The zero-order valence-electron chi connectivity index (χ0n) is 11.8. The number of benzene rings is 1. The van der Waals surface area contributed by atoms with Gasteiger partial charge >= 0.3 is 0 Å². The number of hydrogen-bond acceptors (Lipinski definition) is 3. The van der Waals surface area contributed by atoms with Crippen LogP contribution in [0.2, 0.25) is 0 Å². The van der Waals surface area contributed by atoms with E-state index in [1.54, 1.807) is 17.4 Å². The molecule has 0 bridgehead atoms. The van der Waals surface area contributed by atoms with Crippen LogP contribution in [0.15, 0.2) is 22.7 Å². The fourth-order valence-electron chi connectivity index (χ4n) is 2.17. The van der Waals surface area contributed by atoms with Crippen LogP contribution in [0.5, 0.6) is 0 Å². The molecule has 0 aliphatic carbocycles. The number of halogens is 2. The average Bonchev–Trinajstić information content (AvgIpc) is 2.68. The van der Waals surface area contributed by atoms with Gasteiger partial charge in [-0.15, -0.1) is 11.3 Å².